The highest BCUT2D eigenvalue weighted by Crippen LogP contribution is 2.27. The second kappa shape index (κ2) is 40.8. The SMILES string of the molecule is CCC[C@@H]1NC(=O)[C@H](Cc2ccc(O)cc2)NC(=O)[C@H](C)NC(=O)[C@]2(C)CCC=CCCCC[C@](C)(NC1=O)C(=O)N[C@H](C(N)=O)CCCCNC(=O)CCC[C@H](NC(C)=O)C(=O)N[C@@H](C(C)(C)C)C(=O)N[C@@H](Cc1ccc(O)cc1)C(=O)N1CCC[C@H]1C(=O)N[C@@H]([C@@H](C)O)C(=O)N[C@@H](Cc1c[nH]c3ncccc13)C(=O)N2. The van der Waals surface area contributed by atoms with E-state index in [0.717, 1.165) is 0 Å². The summed E-state index contributed by atoms with van der Waals surface area (Å²) in [5.41, 5.74) is 2.96. The van der Waals surface area contributed by atoms with Gasteiger partial charge in [0.1, 0.15) is 88.6 Å². The minimum atomic E-state index is -1.93. The molecule has 3 aliphatic rings. The number of pyridine rings is 1. The molecule has 4 aromatic rings. The average molecular weight is 1560 g/mol. The van der Waals surface area contributed by atoms with Gasteiger partial charge in [-0.3, -0.25) is 67.1 Å². The average Bonchev–Trinajstić information content (AvgIpc) is 1.45. The van der Waals surface area contributed by atoms with Crippen molar-refractivity contribution < 1.29 is 82.4 Å². The number of amides is 14. The number of nitrogens with two attached hydrogens (primary N) is 1. The topological polar surface area (TPSA) is 502 Å². The number of aliphatic hydroxyl groups excluding tert-OH is 1. The molecule has 112 heavy (non-hydrogen) atoms. The number of phenolic OH excluding ortho intramolecular Hbond substituents is 2. The summed E-state index contributed by atoms with van der Waals surface area (Å²) in [5.74, 6) is -11.5. The molecule has 33 nitrogen and oxygen atoms in total. The van der Waals surface area contributed by atoms with Gasteiger partial charge in [-0.2, -0.15) is 0 Å². The third kappa shape index (κ3) is 25.5. The van der Waals surface area contributed by atoms with Crippen LogP contribution in [0.3, 0.4) is 0 Å². The van der Waals surface area contributed by atoms with Crippen molar-refractivity contribution in [2.24, 2.45) is 11.1 Å². The molecule has 0 saturated carbocycles. The van der Waals surface area contributed by atoms with E-state index in [0.29, 0.717) is 59.8 Å². The molecule has 5 heterocycles. The summed E-state index contributed by atoms with van der Waals surface area (Å²) in [6.45, 7) is 13.5. The van der Waals surface area contributed by atoms with Crippen LogP contribution in [-0.2, 0) is 86.4 Å². The van der Waals surface area contributed by atoms with E-state index >= 15 is 14.4 Å². The van der Waals surface area contributed by atoms with Gasteiger partial charge in [-0.05, 0) is 170 Å². The second-order valence-corrected chi connectivity index (χ2v) is 30.9. The first kappa shape index (κ1) is 88.2. The number of carbonyl (C=O) groups excluding carboxylic acids is 14. The zero-order chi connectivity index (χ0) is 82.2. The van der Waals surface area contributed by atoms with Crippen LogP contribution in [0.1, 0.15) is 182 Å². The number of hydrogen-bond donors (Lipinski definition) is 17. The van der Waals surface area contributed by atoms with Crippen LogP contribution in [0, 0.1) is 5.41 Å². The van der Waals surface area contributed by atoms with Crippen molar-refractivity contribution in [2.45, 2.75) is 262 Å². The molecule has 13 atom stereocenters. The Morgan fingerprint density at radius 2 is 1.23 bits per heavy atom. The number of benzene rings is 2. The van der Waals surface area contributed by atoms with E-state index in [1.165, 1.54) is 94.2 Å². The Labute approximate surface area is 651 Å². The lowest BCUT2D eigenvalue weighted by Crippen LogP contribution is -2.65. The first-order valence-corrected chi connectivity index (χ1v) is 38.5. The lowest BCUT2D eigenvalue weighted by molar-refractivity contribution is -0.143. The van der Waals surface area contributed by atoms with Gasteiger partial charge in [-0.15, -0.1) is 0 Å². The van der Waals surface area contributed by atoms with Crippen molar-refractivity contribution in [2.75, 3.05) is 13.1 Å². The van der Waals surface area contributed by atoms with Crippen LogP contribution in [0.25, 0.3) is 11.0 Å². The maximum Gasteiger partial charge on any atom is 0.246 e. The molecule has 7 rings (SSSR count). The molecule has 18 N–H and O–H groups in total. The number of hydrogen-bond acceptors (Lipinski definition) is 18. The normalized spacial score (nSPS) is 27.1. The number of primary amides is 1. The Hall–Kier alpha value is -11.0. The number of nitrogens with zero attached hydrogens (tertiary/aromatic N) is 2. The molecule has 2 aromatic carbocycles. The fraction of sp³-hybridized carbons (Fsp3) is 0.557. The summed E-state index contributed by atoms with van der Waals surface area (Å²) in [5, 5.41) is 65.3. The quantitative estimate of drug-likeness (QED) is 0.0939. The summed E-state index contributed by atoms with van der Waals surface area (Å²) in [4.78, 5) is 211. The third-order valence-corrected chi connectivity index (χ3v) is 20.4. The summed E-state index contributed by atoms with van der Waals surface area (Å²) in [7, 11) is 0. The number of phenols is 2. The summed E-state index contributed by atoms with van der Waals surface area (Å²) >= 11 is 0. The zero-order valence-electron chi connectivity index (χ0n) is 65.3. The van der Waals surface area contributed by atoms with Crippen LogP contribution in [0.2, 0.25) is 0 Å². The van der Waals surface area contributed by atoms with E-state index in [1.54, 1.807) is 52.1 Å². The molecule has 1 saturated heterocycles. The van der Waals surface area contributed by atoms with Crippen molar-refractivity contribution in [3.8, 4) is 11.5 Å². The third-order valence-electron chi connectivity index (χ3n) is 20.4. The van der Waals surface area contributed by atoms with E-state index in [9.17, 15) is 68.1 Å². The van der Waals surface area contributed by atoms with Crippen LogP contribution in [-0.4, -0.2) is 204 Å². The second-order valence-electron chi connectivity index (χ2n) is 30.9. The van der Waals surface area contributed by atoms with E-state index < -0.39 is 166 Å². The van der Waals surface area contributed by atoms with E-state index in [4.69, 9.17) is 5.73 Å². The zero-order valence-corrected chi connectivity index (χ0v) is 65.3. The van der Waals surface area contributed by atoms with Crippen molar-refractivity contribution >= 4 is 93.7 Å². The summed E-state index contributed by atoms with van der Waals surface area (Å²) < 4.78 is 0. The molecular formula is C79H112N16O17. The number of fused-ring (bicyclic) bond motifs is 10. The number of rotatable bonds is 11. The van der Waals surface area contributed by atoms with Gasteiger partial charge < -0.3 is 94.7 Å². The van der Waals surface area contributed by atoms with E-state index in [2.05, 4.69) is 73.8 Å². The van der Waals surface area contributed by atoms with Gasteiger partial charge in [0.25, 0.3) is 0 Å². The molecule has 2 aromatic heterocycles. The van der Waals surface area contributed by atoms with Gasteiger partial charge in [0, 0.05) is 63.5 Å². The van der Waals surface area contributed by atoms with Crippen LogP contribution in [0.15, 0.2) is 85.2 Å². The number of H-pyrrole nitrogens is 1. The van der Waals surface area contributed by atoms with Gasteiger partial charge in [-0.1, -0.05) is 77.0 Å². The molecule has 0 radical (unpaired) electrons. The summed E-state index contributed by atoms with van der Waals surface area (Å²) in [6.07, 6.45) is 6.55. The number of aromatic hydroxyl groups is 2. The van der Waals surface area contributed by atoms with Crippen molar-refractivity contribution in [3.05, 3.63) is 102 Å². The van der Waals surface area contributed by atoms with E-state index in [-0.39, 0.29) is 114 Å². The van der Waals surface area contributed by atoms with Crippen LogP contribution in [0.4, 0.5) is 0 Å². The van der Waals surface area contributed by atoms with Crippen LogP contribution >= 0.6 is 0 Å². The molecule has 0 unspecified atom stereocenters. The molecule has 33 heteroatoms. The Bertz CT molecular complexity index is 4050. The number of nitrogens with one attached hydrogen (secondary N) is 13. The van der Waals surface area contributed by atoms with Gasteiger partial charge in [-0.25, -0.2) is 4.98 Å². The minimum Gasteiger partial charge on any atom is -0.508 e. The Morgan fingerprint density at radius 1 is 0.634 bits per heavy atom. The van der Waals surface area contributed by atoms with Crippen LogP contribution in [0.5, 0.6) is 11.5 Å². The molecule has 1 fully saturated rings. The highest BCUT2D eigenvalue weighted by Gasteiger charge is 2.45. The van der Waals surface area contributed by atoms with E-state index in [1.807, 2.05) is 6.08 Å². The largest absolute Gasteiger partial charge is 0.508 e. The first-order valence-electron chi connectivity index (χ1n) is 38.5. The Balaban J connectivity index is 1.29. The molecule has 3 aliphatic heterocycles. The van der Waals surface area contributed by atoms with Crippen molar-refractivity contribution in [1.82, 2.24) is 78.7 Å². The lowest BCUT2D eigenvalue weighted by atomic mass is 9.85. The van der Waals surface area contributed by atoms with Crippen LogP contribution < -0.4 is 69.5 Å². The molecule has 14 amide bonds. The minimum absolute atomic E-state index is 0.00327. The van der Waals surface area contributed by atoms with Gasteiger partial charge >= 0.3 is 0 Å². The highest BCUT2D eigenvalue weighted by atomic mass is 16.3. The Morgan fingerprint density at radius 3 is 1.87 bits per heavy atom. The smallest absolute Gasteiger partial charge is 0.246 e. The Kier molecular flexibility index (Phi) is 32.1. The number of carbonyl (C=O) groups is 14. The molecule has 0 aliphatic carbocycles. The van der Waals surface area contributed by atoms with Gasteiger partial charge in [0.05, 0.1) is 6.10 Å². The standard InChI is InChI=1S/C79H112N16O17/c1-10-22-55-69(105)93-79(9)37-17-14-12-11-13-16-36-78(8,75(111)84-45(2)66(102)87-57(68(104)86-55)41-48-28-32-51(98)33-29-48)94-70(106)58(43-50-44-83-65-53(50)23-20-39-82-65)88-72(108)62(46(3)96)91-71(107)60-26-21-40-95(60)74(110)59(42-49-30-34-52(99)35-31-49)89-73(109)63(77(5,6)7)92-67(103)56(85-47(4)97)25-19-27-61(100)81-38-18-15-24-54(64(80)101)90-76(79)112/h11,13,20,23,28-35,39,44-46,54-60,62-63,96,98-99H,10,12,14-19,21-22,24-27,36-38,40-43H2,1-9H3,(H2,80,101)(H,81,100)(H,82,83)(H,84,111)(H,85,97)(H,86,104)(H,87,102)(H,88,108)(H,89,109)(H,90,112)(H,91,107)(H,92,103)(H,93,105)(H,94,106)/t45-,46+,54-,55-,56-,57-,58-,59-,60-,62-,63+,78-,79-/m0/s1. The van der Waals surface area contributed by atoms with Crippen molar-refractivity contribution in [1.29, 1.82) is 0 Å². The van der Waals surface area contributed by atoms with Crippen molar-refractivity contribution in [3.63, 3.8) is 0 Å². The lowest BCUT2D eigenvalue weighted by Gasteiger charge is -2.34. The molecular weight excluding hydrogens is 1440 g/mol. The monoisotopic (exact) mass is 1560 g/mol. The molecule has 2 bridgehead atoms. The number of aromatic amines is 1. The number of aliphatic hydroxyl groups is 1. The van der Waals surface area contributed by atoms with Gasteiger partial charge in [0.15, 0.2) is 0 Å². The molecule has 0 spiro atoms. The predicted molar refractivity (Wildman–Crippen MR) is 413 cm³/mol. The maximum absolute atomic E-state index is 15.4. The summed E-state index contributed by atoms with van der Waals surface area (Å²) in [6, 6.07) is 0.645. The first-order chi connectivity index (χ1) is 53.0. The number of allylic oxidation sites excluding steroid dienone is 2. The fourth-order valence-electron chi connectivity index (χ4n) is 13.8. The maximum atomic E-state index is 15.4. The molecule has 610 valence electrons. The highest BCUT2D eigenvalue weighted by molar-refractivity contribution is 6.01. The predicted octanol–water partition coefficient (Wildman–Crippen LogP) is 1.24. The fourth-order valence-corrected chi connectivity index (χ4v) is 13.8. The number of aromatic nitrogens is 2. The van der Waals surface area contributed by atoms with Gasteiger partial charge in [0.2, 0.25) is 82.7 Å².